The van der Waals surface area contributed by atoms with E-state index in [4.69, 9.17) is 11.6 Å². The Labute approximate surface area is 140 Å². The molecule has 1 amide bonds. The minimum Gasteiger partial charge on any atom is -0.386 e. The molecule has 2 rings (SSSR count). The summed E-state index contributed by atoms with van der Waals surface area (Å²) in [6.07, 6.45) is 3.12. The van der Waals surface area contributed by atoms with E-state index in [0.29, 0.717) is 16.7 Å². The highest BCUT2D eigenvalue weighted by Crippen LogP contribution is 2.26. The zero-order valence-corrected chi connectivity index (χ0v) is 14.2. The molecular formula is C14H22Cl2N2O2S. The summed E-state index contributed by atoms with van der Waals surface area (Å²) in [5, 5.41) is 16.0. The minimum absolute atomic E-state index is 0. The summed E-state index contributed by atoms with van der Waals surface area (Å²) in [5.41, 5.74) is 0. The number of carbonyl (C=O) groups is 1. The lowest BCUT2D eigenvalue weighted by atomic mass is 9.93. The van der Waals surface area contributed by atoms with Crippen LogP contribution in [0.1, 0.15) is 36.7 Å². The molecular weight excluding hydrogens is 331 g/mol. The lowest BCUT2D eigenvalue weighted by molar-refractivity contribution is -0.121. The molecule has 0 aromatic carbocycles. The molecule has 0 spiro atoms. The first kappa shape index (κ1) is 18.7. The van der Waals surface area contributed by atoms with Crippen LogP contribution in [0.4, 0.5) is 0 Å². The molecule has 2 heterocycles. The van der Waals surface area contributed by atoms with Crippen molar-refractivity contribution >= 4 is 41.3 Å². The summed E-state index contributed by atoms with van der Waals surface area (Å²) in [6.45, 7) is 2.37. The molecule has 1 aliphatic rings. The van der Waals surface area contributed by atoms with Gasteiger partial charge in [-0.1, -0.05) is 11.6 Å². The number of aliphatic hydroxyl groups excluding tert-OH is 1. The third-order valence-corrected chi connectivity index (χ3v) is 4.99. The van der Waals surface area contributed by atoms with Crippen LogP contribution in [0, 0.1) is 5.92 Å². The normalized spacial score (nSPS) is 17.0. The number of amides is 1. The van der Waals surface area contributed by atoms with Crippen molar-refractivity contribution in [2.45, 2.75) is 31.8 Å². The van der Waals surface area contributed by atoms with E-state index in [-0.39, 0.29) is 24.9 Å². The van der Waals surface area contributed by atoms with Gasteiger partial charge in [-0.2, -0.15) is 0 Å². The quantitative estimate of drug-likeness (QED) is 0.737. The van der Waals surface area contributed by atoms with E-state index in [1.165, 1.54) is 11.3 Å². The van der Waals surface area contributed by atoms with Crippen molar-refractivity contribution in [2.24, 2.45) is 5.92 Å². The molecule has 0 aliphatic carbocycles. The Bertz CT molecular complexity index is 436. The van der Waals surface area contributed by atoms with Gasteiger partial charge in [0.2, 0.25) is 5.91 Å². The molecule has 1 saturated heterocycles. The number of thiophene rings is 1. The number of halogens is 2. The predicted molar refractivity (Wildman–Crippen MR) is 89.4 cm³/mol. The first-order valence-corrected chi connectivity index (χ1v) is 8.25. The van der Waals surface area contributed by atoms with E-state index in [0.717, 1.165) is 37.2 Å². The number of carbonyl (C=O) groups excluding carboxylic acids is 1. The van der Waals surface area contributed by atoms with E-state index in [1.807, 2.05) is 0 Å². The van der Waals surface area contributed by atoms with E-state index in [9.17, 15) is 9.90 Å². The molecule has 0 bridgehead atoms. The highest BCUT2D eigenvalue weighted by Gasteiger charge is 2.15. The average molecular weight is 353 g/mol. The molecule has 0 radical (unpaired) electrons. The van der Waals surface area contributed by atoms with Crippen molar-refractivity contribution in [1.29, 1.82) is 0 Å². The molecule has 1 aromatic rings. The van der Waals surface area contributed by atoms with Crippen LogP contribution in [0.25, 0.3) is 0 Å². The second-order valence-electron chi connectivity index (χ2n) is 5.19. The topological polar surface area (TPSA) is 61.4 Å². The summed E-state index contributed by atoms with van der Waals surface area (Å²) < 4.78 is 0.649. The van der Waals surface area contributed by atoms with Gasteiger partial charge in [0.1, 0.15) is 6.10 Å². The number of nitrogens with one attached hydrogen (secondary N) is 2. The first-order chi connectivity index (χ1) is 9.65. The van der Waals surface area contributed by atoms with Crippen molar-refractivity contribution in [3.63, 3.8) is 0 Å². The zero-order chi connectivity index (χ0) is 14.4. The highest BCUT2D eigenvalue weighted by molar-refractivity contribution is 7.16. The number of aliphatic hydroxyl groups is 1. The molecule has 1 unspecified atom stereocenters. The number of hydrogen-bond acceptors (Lipinski definition) is 4. The van der Waals surface area contributed by atoms with Gasteiger partial charge in [0.05, 0.1) is 4.34 Å². The molecule has 1 aliphatic heterocycles. The van der Waals surface area contributed by atoms with Gasteiger partial charge in [-0.15, -0.1) is 23.7 Å². The molecule has 120 valence electrons. The minimum atomic E-state index is -0.671. The van der Waals surface area contributed by atoms with E-state index < -0.39 is 6.10 Å². The molecule has 4 nitrogen and oxygen atoms in total. The van der Waals surface area contributed by atoms with Gasteiger partial charge in [-0.3, -0.25) is 4.79 Å². The van der Waals surface area contributed by atoms with Crippen molar-refractivity contribution in [2.75, 3.05) is 19.6 Å². The molecule has 0 saturated carbocycles. The Hall–Kier alpha value is -0.330. The molecule has 3 N–H and O–H groups in total. The fraction of sp³-hybridized carbons (Fsp3) is 0.643. The maximum atomic E-state index is 11.8. The van der Waals surface area contributed by atoms with Crippen molar-refractivity contribution in [3.05, 3.63) is 21.3 Å². The smallest absolute Gasteiger partial charge is 0.220 e. The van der Waals surface area contributed by atoms with Gasteiger partial charge in [-0.25, -0.2) is 0 Å². The lowest BCUT2D eigenvalue weighted by Crippen LogP contribution is -2.30. The van der Waals surface area contributed by atoms with E-state index in [1.54, 1.807) is 12.1 Å². The van der Waals surface area contributed by atoms with Crippen LogP contribution in [0.5, 0.6) is 0 Å². The lowest BCUT2D eigenvalue weighted by Gasteiger charge is -2.22. The van der Waals surface area contributed by atoms with Gasteiger partial charge >= 0.3 is 0 Å². The summed E-state index contributed by atoms with van der Waals surface area (Å²) >= 11 is 7.16. The predicted octanol–water partition coefficient (Wildman–Crippen LogP) is 2.75. The number of piperidine rings is 1. The van der Waals surface area contributed by atoms with Crippen LogP contribution in [-0.2, 0) is 4.79 Å². The summed E-state index contributed by atoms with van der Waals surface area (Å²) in [7, 11) is 0. The second-order valence-corrected chi connectivity index (χ2v) is 6.94. The van der Waals surface area contributed by atoms with Crippen molar-refractivity contribution < 1.29 is 9.90 Å². The van der Waals surface area contributed by atoms with Gasteiger partial charge in [-0.05, 0) is 50.4 Å². The van der Waals surface area contributed by atoms with Crippen LogP contribution >= 0.6 is 35.3 Å². The third kappa shape index (κ3) is 6.53. The third-order valence-electron chi connectivity index (χ3n) is 3.65. The fourth-order valence-corrected chi connectivity index (χ4v) is 3.46. The highest BCUT2D eigenvalue weighted by atomic mass is 35.5. The van der Waals surface area contributed by atoms with Crippen LogP contribution < -0.4 is 10.6 Å². The van der Waals surface area contributed by atoms with Gasteiger partial charge in [0.15, 0.2) is 0 Å². The number of hydrogen-bond donors (Lipinski definition) is 3. The molecule has 1 atom stereocenters. The molecule has 1 aromatic heterocycles. The summed E-state index contributed by atoms with van der Waals surface area (Å²) in [5.74, 6) is 0.674. The van der Waals surface area contributed by atoms with Gasteiger partial charge in [0, 0.05) is 17.8 Å². The summed E-state index contributed by atoms with van der Waals surface area (Å²) in [4.78, 5) is 12.6. The molecule has 7 heteroatoms. The standard InChI is InChI=1S/C14H21ClN2O2S.ClH/c15-13-3-2-12(20-13)11(18)9-17-14(19)4-1-10-5-7-16-8-6-10;/h2-3,10-11,16,18H,1,4-9H2,(H,17,19);1H. The Morgan fingerprint density at radius 1 is 1.48 bits per heavy atom. The van der Waals surface area contributed by atoms with Crippen LogP contribution in [0.3, 0.4) is 0 Å². The van der Waals surface area contributed by atoms with E-state index in [2.05, 4.69) is 10.6 Å². The maximum Gasteiger partial charge on any atom is 0.220 e. The SMILES string of the molecule is Cl.O=C(CCC1CCNCC1)NCC(O)c1ccc(Cl)s1. The van der Waals surface area contributed by atoms with Crippen LogP contribution in [-0.4, -0.2) is 30.6 Å². The maximum absolute atomic E-state index is 11.8. The van der Waals surface area contributed by atoms with Gasteiger partial charge < -0.3 is 15.7 Å². The van der Waals surface area contributed by atoms with Crippen molar-refractivity contribution in [1.82, 2.24) is 10.6 Å². The van der Waals surface area contributed by atoms with Crippen molar-refractivity contribution in [3.8, 4) is 0 Å². The van der Waals surface area contributed by atoms with Crippen LogP contribution in [0.15, 0.2) is 12.1 Å². The monoisotopic (exact) mass is 352 g/mol. The van der Waals surface area contributed by atoms with Gasteiger partial charge in [0.25, 0.3) is 0 Å². The molecule has 1 fully saturated rings. The summed E-state index contributed by atoms with van der Waals surface area (Å²) in [6, 6.07) is 3.54. The Morgan fingerprint density at radius 3 is 2.81 bits per heavy atom. The second kappa shape index (κ2) is 9.64. The Kier molecular flexibility index (Phi) is 8.59. The van der Waals surface area contributed by atoms with E-state index >= 15 is 0 Å². The largest absolute Gasteiger partial charge is 0.386 e. The zero-order valence-electron chi connectivity index (χ0n) is 11.8. The Morgan fingerprint density at radius 2 is 2.19 bits per heavy atom. The Balaban J connectivity index is 0.00000220. The fourth-order valence-electron chi connectivity index (χ4n) is 2.41. The average Bonchev–Trinajstić information content (AvgIpc) is 2.90. The molecule has 21 heavy (non-hydrogen) atoms. The van der Waals surface area contributed by atoms with Crippen LogP contribution in [0.2, 0.25) is 4.34 Å². The first-order valence-electron chi connectivity index (χ1n) is 7.06. The number of rotatable bonds is 6.